The molecule has 0 unspecified atom stereocenters. The van der Waals surface area contributed by atoms with Gasteiger partial charge in [-0.25, -0.2) is 0 Å². The molecule has 0 bridgehead atoms. The van der Waals surface area contributed by atoms with Crippen LogP contribution in [0, 0.1) is 0 Å². The van der Waals surface area contributed by atoms with Crippen LogP contribution in [0.15, 0.2) is 140 Å². The van der Waals surface area contributed by atoms with Crippen LogP contribution in [0.3, 0.4) is 0 Å². The van der Waals surface area contributed by atoms with Crippen molar-refractivity contribution in [3.63, 3.8) is 0 Å². The lowest BCUT2D eigenvalue weighted by Crippen LogP contribution is -2.56. The number of ether oxygens (including phenoxy) is 2. The molecule has 2 N–H and O–H groups in total. The maximum Gasteiger partial charge on any atom is 0.136 e. The van der Waals surface area contributed by atoms with E-state index in [0.29, 0.717) is 16.1 Å². The summed E-state index contributed by atoms with van der Waals surface area (Å²) in [6.45, 7) is 6.07. The predicted molar refractivity (Wildman–Crippen MR) is 169 cm³/mol. The van der Waals surface area contributed by atoms with Crippen molar-refractivity contribution >= 4 is 22.4 Å². The van der Waals surface area contributed by atoms with Gasteiger partial charge in [-0.2, -0.15) is 0 Å². The summed E-state index contributed by atoms with van der Waals surface area (Å²) in [5, 5.41) is 27.4. The van der Waals surface area contributed by atoms with Crippen LogP contribution in [-0.4, -0.2) is 22.4 Å². The Hall–Kier alpha value is -3.77. The molecule has 0 heterocycles. The van der Waals surface area contributed by atoms with Gasteiger partial charge >= 0.3 is 0 Å². The normalized spacial score (nSPS) is 15.8. The third-order valence-corrected chi connectivity index (χ3v) is 8.01. The van der Waals surface area contributed by atoms with Crippen molar-refractivity contribution in [3.05, 3.63) is 167 Å². The van der Waals surface area contributed by atoms with Crippen LogP contribution in [0.25, 0.3) is 10.8 Å². The van der Waals surface area contributed by atoms with Crippen LogP contribution < -0.4 is 0 Å². The fourth-order valence-electron chi connectivity index (χ4n) is 5.29. The molecule has 0 aliphatic carbocycles. The third kappa shape index (κ3) is 6.49. The Kier molecular flexibility index (Phi) is 9.22. The summed E-state index contributed by atoms with van der Waals surface area (Å²) < 4.78 is 13.2. The van der Waals surface area contributed by atoms with Gasteiger partial charge in [0.25, 0.3) is 0 Å². The lowest BCUT2D eigenvalue weighted by atomic mass is 9.77. The van der Waals surface area contributed by atoms with Gasteiger partial charge in [-0.3, -0.25) is 0 Å². The van der Waals surface area contributed by atoms with E-state index in [4.69, 9.17) is 21.1 Å². The van der Waals surface area contributed by atoms with Gasteiger partial charge < -0.3 is 19.7 Å². The van der Waals surface area contributed by atoms with E-state index in [0.717, 1.165) is 21.9 Å². The van der Waals surface area contributed by atoms with E-state index in [-0.39, 0.29) is 13.2 Å². The number of rotatable bonds is 12. The lowest BCUT2D eigenvalue weighted by molar-refractivity contribution is -0.218. The van der Waals surface area contributed by atoms with Crippen LogP contribution in [0.4, 0.5) is 0 Å². The van der Waals surface area contributed by atoms with Crippen LogP contribution in [-0.2, 0) is 33.9 Å². The largest absolute Gasteiger partial charge is 0.383 e. The molecule has 5 rings (SSSR count). The maximum absolute atomic E-state index is 12.4. The zero-order valence-corrected chi connectivity index (χ0v) is 24.3. The van der Waals surface area contributed by atoms with E-state index in [1.165, 1.54) is 6.08 Å². The highest BCUT2D eigenvalue weighted by Gasteiger charge is 2.50. The Bertz CT molecular complexity index is 1600. The van der Waals surface area contributed by atoms with E-state index in [1.807, 2.05) is 103 Å². The van der Waals surface area contributed by atoms with E-state index in [9.17, 15) is 10.2 Å². The minimum atomic E-state index is -1.75. The fraction of sp³-hybridized carbons (Fsp3) is 0.189. The van der Waals surface area contributed by atoms with Crippen molar-refractivity contribution in [1.29, 1.82) is 0 Å². The molecule has 0 saturated heterocycles. The summed E-state index contributed by atoms with van der Waals surface area (Å²) >= 11 is 6.20. The summed E-state index contributed by atoms with van der Waals surface area (Å²) in [5.41, 5.74) is -0.354. The average molecular weight is 579 g/mol. The van der Waals surface area contributed by atoms with E-state index < -0.39 is 23.4 Å². The number of hydrogen-bond acceptors (Lipinski definition) is 4. The maximum atomic E-state index is 12.4. The highest BCUT2D eigenvalue weighted by Crippen LogP contribution is 2.40. The van der Waals surface area contributed by atoms with Crippen molar-refractivity contribution in [2.45, 2.75) is 43.5 Å². The summed E-state index contributed by atoms with van der Waals surface area (Å²) in [6.07, 6.45) is -0.677. The first-order valence-corrected chi connectivity index (χ1v) is 14.3. The van der Waals surface area contributed by atoms with Gasteiger partial charge in [0.05, 0.1) is 13.2 Å². The number of benzene rings is 5. The van der Waals surface area contributed by atoms with Crippen molar-refractivity contribution in [2.75, 3.05) is 0 Å². The predicted octanol–water partition coefficient (Wildman–Crippen LogP) is 7.95. The molecule has 4 nitrogen and oxygen atoms in total. The lowest BCUT2D eigenvalue weighted by Gasteiger charge is -2.44. The molecular formula is C37H35ClO4. The van der Waals surface area contributed by atoms with Gasteiger partial charge in [0.2, 0.25) is 0 Å². The highest BCUT2D eigenvalue weighted by molar-refractivity contribution is 6.30. The number of hydrogen-bond donors (Lipinski definition) is 2. The zero-order chi connectivity index (χ0) is 29.6. The van der Waals surface area contributed by atoms with Gasteiger partial charge in [0.15, 0.2) is 0 Å². The molecule has 214 valence electrons. The Morgan fingerprint density at radius 3 is 1.74 bits per heavy atom. The highest BCUT2D eigenvalue weighted by atomic mass is 35.5. The zero-order valence-electron chi connectivity index (χ0n) is 23.6. The van der Waals surface area contributed by atoms with E-state index in [2.05, 4.69) is 6.58 Å². The first-order valence-electron chi connectivity index (χ1n) is 14.0. The first-order chi connectivity index (χ1) is 20.3. The molecule has 0 amide bonds. The molecule has 5 aromatic rings. The van der Waals surface area contributed by atoms with Gasteiger partial charge in [-0.1, -0.05) is 133 Å². The molecular weight excluding hydrogens is 544 g/mol. The molecule has 0 spiro atoms. The van der Waals surface area contributed by atoms with E-state index in [1.54, 1.807) is 31.2 Å². The van der Waals surface area contributed by atoms with Gasteiger partial charge in [-0.05, 0) is 58.1 Å². The van der Waals surface area contributed by atoms with Crippen LogP contribution in [0.2, 0.25) is 5.02 Å². The summed E-state index contributed by atoms with van der Waals surface area (Å²) in [6, 6.07) is 40.1. The topological polar surface area (TPSA) is 58.9 Å². The standard InChI is InChI=1S/C37H35ClO4/c1-3-37(40,31-20-22-33(38)23-21-31)35(42-26-28-14-8-5-9-15-28)34(41-25-27-12-6-4-7-13-27)36(2,39)32-19-18-29-16-10-11-17-30(29)24-32/h3-24,34-35,39-40H,1,25-26H2,2H3/t34-,35-,36-,37-/m1/s1. The van der Waals surface area contributed by atoms with Gasteiger partial charge in [0, 0.05) is 5.02 Å². The second kappa shape index (κ2) is 13.0. The molecule has 0 saturated carbocycles. The van der Waals surface area contributed by atoms with Crippen LogP contribution >= 0.6 is 11.6 Å². The van der Waals surface area contributed by atoms with Crippen molar-refractivity contribution in [2.24, 2.45) is 0 Å². The molecule has 42 heavy (non-hydrogen) atoms. The fourth-order valence-corrected chi connectivity index (χ4v) is 5.42. The van der Waals surface area contributed by atoms with Crippen LogP contribution in [0.1, 0.15) is 29.2 Å². The smallest absolute Gasteiger partial charge is 0.136 e. The minimum Gasteiger partial charge on any atom is -0.383 e. The SMILES string of the molecule is C=C[C@@](O)(c1ccc(Cl)cc1)[C@H](OCc1ccccc1)[C@@H](OCc1ccccc1)[C@](C)(O)c1ccc2ccccc2c1. The molecule has 0 radical (unpaired) electrons. The van der Waals surface area contributed by atoms with Crippen molar-refractivity contribution in [3.8, 4) is 0 Å². The Morgan fingerprint density at radius 2 is 1.17 bits per heavy atom. The molecule has 0 aromatic heterocycles. The molecule has 0 aliphatic rings. The quantitative estimate of drug-likeness (QED) is 0.148. The summed E-state index contributed by atoms with van der Waals surface area (Å²) in [5.74, 6) is 0. The Balaban J connectivity index is 1.63. The second-order valence-corrected chi connectivity index (χ2v) is 11.1. The Morgan fingerprint density at radius 1 is 0.667 bits per heavy atom. The molecule has 5 aromatic carbocycles. The first kappa shape index (κ1) is 29.7. The molecule has 4 atom stereocenters. The number of halogens is 1. The molecule has 5 heteroatoms. The second-order valence-electron chi connectivity index (χ2n) is 10.7. The Labute approximate surface area is 252 Å². The monoisotopic (exact) mass is 578 g/mol. The average Bonchev–Trinajstić information content (AvgIpc) is 3.03. The number of fused-ring (bicyclic) bond motifs is 1. The molecule has 0 fully saturated rings. The van der Waals surface area contributed by atoms with Crippen LogP contribution in [0.5, 0.6) is 0 Å². The van der Waals surface area contributed by atoms with E-state index >= 15 is 0 Å². The minimum absolute atomic E-state index is 0.175. The van der Waals surface area contributed by atoms with Crippen molar-refractivity contribution < 1.29 is 19.7 Å². The van der Waals surface area contributed by atoms with Gasteiger partial charge in [-0.15, -0.1) is 0 Å². The third-order valence-electron chi connectivity index (χ3n) is 7.76. The summed E-state index contributed by atoms with van der Waals surface area (Å²) in [4.78, 5) is 0. The summed E-state index contributed by atoms with van der Waals surface area (Å²) in [7, 11) is 0. The number of aliphatic hydroxyl groups is 2. The van der Waals surface area contributed by atoms with Crippen molar-refractivity contribution in [1.82, 2.24) is 0 Å². The van der Waals surface area contributed by atoms with Gasteiger partial charge in [0.1, 0.15) is 23.4 Å². The molecule has 0 aliphatic heterocycles.